The van der Waals surface area contributed by atoms with Crippen molar-refractivity contribution in [3.05, 3.63) is 0 Å². The molecule has 136 heavy (non-hydrogen) atoms. The maximum atomic E-state index is 8.63. The molecule has 0 heterocycles. The van der Waals surface area contributed by atoms with Crippen molar-refractivity contribution >= 4 is 0 Å². The van der Waals surface area contributed by atoms with Gasteiger partial charge in [-0.3, -0.25) is 0 Å². The van der Waals surface area contributed by atoms with Gasteiger partial charge in [0.1, 0.15) is 0 Å². The Bertz CT molecular complexity index is 1740. The molecule has 2 N–H and O–H groups in total. The summed E-state index contributed by atoms with van der Waals surface area (Å²) in [5.41, 5.74) is 0. The van der Waals surface area contributed by atoms with Crippen molar-refractivity contribution in [3.8, 4) is 0 Å². The maximum absolute atomic E-state index is 8.63. The second-order valence-corrected chi connectivity index (χ2v) is 27.4. The summed E-state index contributed by atoms with van der Waals surface area (Å²) in [7, 11) is 0. The molecule has 46 heteroatoms. The summed E-state index contributed by atoms with van der Waals surface area (Å²) >= 11 is 0. The highest BCUT2D eigenvalue weighted by atomic mass is 16.7. The Labute approximate surface area is 810 Å². The summed E-state index contributed by atoms with van der Waals surface area (Å²) in [5.74, 6) is 0. The molecule has 0 fully saturated rings. The van der Waals surface area contributed by atoms with Crippen LogP contribution in [0, 0.1) is 0 Å². The van der Waals surface area contributed by atoms with Crippen LogP contribution in [0.5, 0.6) is 0 Å². The van der Waals surface area contributed by atoms with Crippen LogP contribution < -0.4 is 0 Å². The zero-order chi connectivity index (χ0) is 96.8. The van der Waals surface area contributed by atoms with E-state index in [0.29, 0.717) is 581 Å². The lowest BCUT2D eigenvalue weighted by atomic mass is 10.6. The molecule has 818 valence electrons. The minimum atomic E-state index is 0.0142. The van der Waals surface area contributed by atoms with Crippen molar-refractivity contribution in [1.82, 2.24) is 0 Å². The standard InChI is InChI=1S/C90H182O46/c91-1-3-93-5-7-95-9-11-97-13-15-99-17-19-101-21-23-103-25-27-105-29-31-107-33-35-109-37-39-111-41-43-113-45-47-115-49-51-117-53-55-119-57-59-121-61-63-123-65-67-125-69-71-127-73-75-129-77-79-131-81-83-133-85-87-135-89-90-136-88-86-134-84-82-132-80-78-130-76-74-128-72-70-126-68-66-124-64-62-122-60-58-120-56-54-118-52-50-116-48-46-114-44-42-112-40-38-110-36-34-108-32-30-106-28-26-104-24-22-102-20-18-100-16-14-98-12-10-96-8-6-94-4-2-92/h91-92H,1-90H2. The first-order valence-corrected chi connectivity index (χ1v) is 48.5. The molecule has 0 aliphatic heterocycles. The van der Waals surface area contributed by atoms with Gasteiger partial charge in [0.05, 0.1) is 595 Å². The molecule has 0 aliphatic rings. The second-order valence-electron chi connectivity index (χ2n) is 27.4. The van der Waals surface area contributed by atoms with E-state index >= 15 is 0 Å². The van der Waals surface area contributed by atoms with Crippen LogP contribution in [0.2, 0.25) is 0 Å². The highest BCUT2D eigenvalue weighted by Gasteiger charge is 2.06. The van der Waals surface area contributed by atoms with Crippen LogP contribution in [-0.4, -0.2) is 605 Å². The summed E-state index contributed by atoms with van der Waals surface area (Å²) in [6.07, 6.45) is 0. The molecule has 0 radical (unpaired) electrons. The molecular formula is C90H182O46. The van der Waals surface area contributed by atoms with Crippen LogP contribution in [0.4, 0.5) is 0 Å². The van der Waals surface area contributed by atoms with E-state index in [1.165, 1.54) is 0 Å². The Morgan fingerprint density at radius 2 is 0.0809 bits per heavy atom. The van der Waals surface area contributed by atoms with Crippen LogP contribution in [0.3, 0.4) is 0 Å². The lowest BCUT2D eigenvalue weighted by Gasteiger charge is -2.09. The highest BCUT2D eigenvalue weighted by molar-refractivity contribution is 4.49. The summed E-state index contributed by atoms with van der Waals surface area (Å²) < 4.78 is 242. The van der Waals surface area contributed by atoms with Gasteiger partial charge in [-0.2, -0.15) is 0 Å². The SMILES string of the molecule is OCCOCCOCCOCCOCCOCCOCCOCCOCCOCCOCCOCCOCCOCCOCCOCCOCCOCCOCCOCCOCCOCCOCCOCCOCCOCCOCCOCCOCCOCCOCCOCCOCCOCCOCCOCCOCCOCCOCCOCCOCCOCCOCCOCCOCCO. The monoisotopic (exact) mass is 2000 g/mol. The number of rotatable bonds is 133. The third kappa shape index (κ3) is 132. The average molecular weight is 2000 g/mol. The Balaban J connectivity index is 3.10. The molecule has 46 nitrogen and oxygen atoms in total. The van der Waals surface area contributed by atoms with Gasteiger partial charge in [0.15, 0.2) is 0 Å². The van der Waals surface area contributed by atoms with Gasteiger partial charge in [-0.25, -0.2) is 0 Å². The van der Waals surface area contributed by atoms with E-state index in [4.69, 9.17) is 219 Å². The molecule has 0 amide bonds. The predicted octanol–water partition coefficient (Wildman–Crippen LogP) is -0.299. The molecule has 0 aromatic carbocycles. The van der Waals surface area contributed by atoms with Crippen LogP contribution in [0.15, 0.2) is 0 Å². The first kappa shape index (κ1) is 134. The van der Waals surface area contributed by atoms with E-state index in [-0.39, 0.29) is 13.2 Å². The molecule has 0 aromatic rings. The summed E-state index contributed by atoms with van der Waals surface area (Å²) in [5, 5.41) is 17.3. The predicted molar refractivity (Wildman–Crippen MR) is 490 cm³/mol. The Hall–Kier alpha value is -1.84. The smallest absolute Gasteiger partial charge is 0.0701 e. The van der Waals surface area contributed by atoms with E-state index in [9.17, 15) is 0 Å². The minimum Gasteiger partial charge on any atom is -0.394 e. The van der Waals surface area contributed by atoms with E-state index in [0.717, 1.165) is 0 Å². The molecular weight excluding hydrogens is 1820 g/mol. The third-order valence-electron chi connectivity index (χ3n) is 16.5. The van der Waals surface area contributed by atoms with Crippen LogP contribution in [-0.2, 0) is 208 Å². The maximum Gasteiger partial charge on any atom is 0.0701 e. The summed E-state index contributed by atoms with van der Waals surface area (Å²) in [6, 6.07) is 0. The number of aliphatic hydroxyl groups excluding tert-OH is 2. The van der Waals surface area contributed by atoms with Gasteiger partial charge in [0, 0.05) is 0 Å². The molecule has 0 aliphatic carbocycles. The zero-order valence-electron chi connectivity index (χ0n) is 82.5. The van der Waals surface area contributed by atoms with E-state index in [1.54, 1.807) is 0 Å². The van der Waals surface area contributed by atoms with Crippen molar-refractivity contribution in [1.29, 1.82) is 0 Å². The zero-order valence-corrected chi connectivity index (χ0v) is 82.5. The number of aliphatic hydroxyl groups is 2. The quantitative estimate of drug-likeness (QED) is 0.0738. The fourth-order valence-electron chi connectivity index (χ4n) is 9.69. The Morgan fingerprint density at radius 1 is 0.0515 bits per heavy atom. The molecule has 0 spiro atoms. The number of ether oxygens (including phenoxy) is 44. The van der Waals surface area contributed by atoms with Gasteiger partial charge < -0.3 is 219 Å². The number of hydrogen-bond acceptors (Lipinski definition) is 46. The molecule has 0 atom stereocenters. The van der Waals surface area contributed by atoms with Gasteiger partial charge in [-0.05, 0) is 0 Å². The van der Waals surface area contributed by atoms with Gasteiger partial charge in [-0.15, -0.1) is 0 Å². The van der Waals surface area contributed by atoms with Crippen LogP contribution in [0.1, 0.15) is 0 Å². The second kappa shape index (κ2) is 133. The molecule has 0 bridgehead atoms. The van der Waals surface area contributed by atoms with Crippen LogP contribution >= 0.6 is 0 Å². The number of hydrogen-bond donors (Lipinski definition) is 2. The summed E-state index contributed by atoms with van der Waals surface area (Å²) in [4.78, 5) is 0. The normalized spacial score (nSPS) is 11.9. The third-order valence-corrected chi connectivity index (χ3v) is 16.5. The van der Waals surface area contributed by atoms with Crippen molar-refractivity contribution in [3.63, 3.8) is 0 Å². The fraction of sp³-hybridized carbons (Fsp3) is 1.00. The van der Waals surface area contributed by atoms with Gasteiger partial charge in [0.2, 0.25) is 0 Å². The molecule has 0 saturated carbocycles. The van der Waals surface area contributed by atoms with Crippen molar-refractivity contribution in [2.24, 2.45) is 0 Å². The lowest BCUT2D eigenvalue weighted by Crippen LogP contribution is -2.16. The Morgan fingerprint density at radius 3 is 0.110 bits per heavy atom. The molecule has 0 saturated heterocycles. The molecule has 0 unspecified atom stereocenters. The highest BCUT2D eigenvalue weighted by Crippen LogP contribution is 1.97. The summed E-state index contributed by atoms with van der Waals surface area (Å²) in [6.45, 7) is 41.7. The van der Waals surface area contributed by atoms with Gasteiger partial charge in [0.25, 0.3) is 0 Å². The lowest BCUT2D eigenvalue weighted by molar-refractivity contribution is -0.0329. The van der Waals surface area contributed by atoms with E-state index in [1.807, 2.05) is 0 Å². The topological polar surface area (TPSA) is 447 Å². The fourth-order valence-corrected chi connectivity index (χ4v) is 9.69. The average Bonchev–Trinajstić information content (AvgIpc) is 1.10. The first-order chi connectivity index (χ1) is 67.9. The van der Waals surface area contributed by atoms with Crippen LogP contribution in [0.25, 0.3) is 0 Å². The van der Waals surface area contributed by atoms with Gasteiger partial charge in [-0.1, -0.05) is 0 Å². The van der Waals surface area contributed by atoms with Crippen molar-refractivity contribution < 1.29 is 219 Å². The largest absolute Gasteiger partial charge is 0.394 e. The molecule has 0 aromatic heterocycles. The Kier molecular flexibility index (Phi) is 131. The van der Waals surface area contributed by atoms with Crippen molar-refractivity contribution in [2.75, 3.05) is 595 Å². The van der Waals surface area contributed by atoms with E-state index < -0.39 is 0 Å². The molecule has 0 rings (SSSR count). The van der Waals surface area contributed by atoms with Crippen molar-refractivity contribution in [2.45, 2.75) is 0 Å². The van der Waals surface area contributed by atoms with E-state index in [2.05, 4.69) is 0 Å². The van der Waals surface area contributed by atoms with Gasteiger partial charge >= 0.3 is 0 Å². The first-order valence-electron chi connectivity index (χ1n) is 48.5. The minimum absolute atomic E-state index is 0.0142.